The molecule has 2 aromatic carbocycles. The van der Waals surface area contributed by atoms with Crippen LogP contribution in [0.25, 0.3) is 0 Å². The number of benzene rings is 2. The van der Waals surface area contributed by atoms with Gasteiger partial charge in [-0.2, -0.15) is 0 Å². The monoisotopic (exact) mass is 597 g/mol. The summed E-state index contributed by atoms with van der Waals surface area (Å²) in [6, 6.07) is 12.0. The number of anilines is 1. The van der Waals surface area contributed by atoms with Crippen LogP contribution in [0.2, 0.25) is 0 Å². The summed E-state index contributed by atoms with van der Waals surface area (Å²) in [5.41, 5.74) is 7.74. The molecule has 2 rings (SSSR count). The molecule has 0 aromatic heterocycles. The quantitative estimate of drug-likeness (QED) is 0.0664. The van der Waals surface area contributed by atoms with Crippen molar-refractivity contribution in [2.45, 2.75) is 104 Å². The second-order valence-electron chi connectivity index (χ2n) is 11.3. The number of carbonyl (C=O) groups excluding carboxylic acids is 2. The molecule has 0 bridgehead atoms. The fourth-order valence-electron chi connectivity index (χ4n) is 4.81. The van der Waals surface area contributed by atoms with Crippen molar-refractivity contribution in [1.29, 1.82) is 0 Å². The van der Waals surface area contributed by atoms with E-state index in [-0.39, 0.29) is 17.6 Å². The molecule has 0 fully saturated rings. The van der Waals surface area contributed by atoms with Crippen molar-refractivity contribution in [3.05, 3.63) is 53.6 Å². The number of phenols is 1. The van der Waals surface area contributed by atoms with E-state index in [1.54, 1.807) is 30.3 Å². The number of nitrogens with one attached hydrogen (secondary N) is 1. The molecule has 43 heavy (non-hydrogen) atoms. The molecule has 2 aromatic rings. The van der Waals surface area contributed by atoms with Gasteiger partial charge in [-0.25, -0.2) is 4.79 Å². The summed E-state index contributed by atoms with van der Waals surface area (Å²) >= 11 is 0. The number of phenolic OH excluding ortho intramolecular Hbond substituents is 1. The molecule has 0 saturated heterocycles. The molecule has 0 atom stereocenters. The fourth-order valence-corrected chi connectivity index (χ4v) is 4.81. The average Bonchev–Trinajstić information content (AvgIpc) is 3.01. The Bertz CT molecular complexity index is 1040. The van der Waals surface area contributed by atoms with Crippen molar-refractivity contribution < 1.29 is 24.2 Å². The zero-order valence-electron chi connectivity index (χ0n) is 26.6. The van der Waals surface area contributed by atoms with Crippen LogP contribution in [0.3, 0.4) is 0 Å². The van der Waals surface area contributed by atoms with Crippen LogP contribution in [0.5, 0.6) is 11.5 Å². The molecule has 0 aliphatic carbocycles. The minimum absolute atomic E-state index is 0.0678. The lowest BCUT2D eigenvalue weighted by atomic mass is 10.1. The van der Waals surface area contributed by atoms with Gasteiger partial charge in [-0.15, -0.1) is 0 Å². The van der Waals surface area contributed by atoms with Crippen LogP contribution in [0, 0.1) is 0 Å². The molecular weight excluding hydrogens is 542 g/mol. The molecule has 0 aliphatic heterocycles. The zero-order valence-corrected chi connectivity index (χ0v) is 26.6. The minimum atomic E-state index is -0.315. The highest BCUT2D eigenvalue weighted by atomic mass is 16.5. The number of hydrogen-bond acceptors (Lipinski definition) is 7. The number of amides is 1. The molecule has 8 nitrogen and oxygen atoms in total. The number of ether oxygens (including phenoxy) is 2. The maximum absolute atomic E-state index is 12.2. The Hall–Kier alpha value is -3.26. The third-order valence-corrected chi connectivity index (χ3v) is 7.47. The number of nitrogen functional groups attached to an aromatic ring is 1. The van der Waals surface area contributed by atoms with Gasteiger partial charge in [0.2, 0.25) is 5.91 Å². The first-order valence-electron chi connectivity index (χ1n) is 16.4. The molecule has 240 valence electrons. The number of rotatable bonds is 24. The Morgan fingerprint density at radius 2 is 1.47 bits per heavy atom. The van der Waals surface area contributed by atoms with Crippen LogP contribution in [-0.4, -0.2) is 54.7 Å². The minimum Gasteiger partial charge on any atom is -0.504 e. The van der Waals surface area contributed by atoms with E-state index in [1.807, 2.05) is 12.1 Å². The van der Waals surface area contributed by atoms with Gasteiger partial charge >= 0.3 is 5.97 Å². The van der Waals surface area contributed by atoms with Gasteiger partial charge < -0.3 is 30.5 Å². The second kappa shape index (κ2) is 22.3. The first-order chi connectivity index (χ1) is 20.9. The van der Waals surface area contributed by atoms with Crippen molar-refractivity contribution in [3.63, 3.8) is 0 Å². The van der Waals surface area contributed by atoms with E-state index in [2.05, 4.69) is 24.1 Å². The van der Waals surface area contributed by atoms with Crippen molar-refractivity contribution >= 4 is 17.6 Å². The standard InChI is InChI=1S/C35H55N3O5/c1-3-5-7-8-9-11-15-34(40)37-28-29-16-21-32(39)33(27-29)42-25-13-10-12-23-38(22-6-4-2)24-14-26-43-35(41)30-17-19-31(36)20-18-30/h16-21,27,39H,3-15,22-26,28,36H2,1-2H3,(H,37,40). The maximum atomic E-state index is 12.2. The molecular formula is C35H55N3O5. The van der Waals surface area contributed by atoms with E-state index in [0.29, 0.717) is 43.2 Å². The van der Waals surface area contributed by atoms with Crippen LogP contribution < -0.4 is 15.8 Å². The predicted octanol–water partition coefficient (Wildman–Crippen LogP) is 7.24. The lowest BCUT2D eigenvalue weighted by Gasteiger charge is -2.22. The van der Waals surface area contributed by atoms with E-state index >= 15 is 0 Å². The van der Waals surface area contributed by atoms with Gasteiger partial charge in [-0.1, -0.05) is 58.4 Å². The molecule has 0 saturated carbocycles. The maximum Gasteiger partial charge on any atom is 0.338 e. The molecule has 0 radical (unpaired) electrons. The summed E-state index contributed by atoms with van der Waals surface area (Å²) < 4.78 is 11.3. The van der Waals surface area contributed by atoms with Crippen LogP contribution in [-0.2, 0) is 16.1 Å². The van der Waals surface area contributed by atoms with Crippen LogP contribution in [0.15, 0.2) is 42.5 Å². The number of aromatic hydroxyl groups is 1. The Kier molecular flexibility index (Phi) is 18.6. The van der Waals surface area contributed by atoms with Gasteiger partial charge in [0.25, 0.3) is 0 Å². The summed E-state index contributed by atoms with van der Waals surface area (Å²) in [5, 5.41) is 13.2. The third kappa shape index (κ3) is 16.2. The van der Waals surface area contributed by atoms with Crippen molar-refractivity contribution in [1.82, 2.24) is 10.2 Å². The fraction of sp³-hybridized carbons (Fsp3) is 0.600. The molecule has 0 unspecified atom stereocenters. The van der Waals surface area contributed by atoms with Gasteiger partial charge in [-0.3, -0.25) is 4.79 Å². The highest BCUT2D eigenvalue weighted by molar-refractivity contribution is 5.89. The van der Waals surface area contributed by atoms with Gasteiger partial charge in [0, 0.05) is 25.2 Å². The van der Waals surface area contributed by atoms with Crippen molar-refractivity contribution in [2.75, 3.05) is 38.6 Å². The van der Waals surface area contributed by atoms with Crippen LogP contribution in [0.1, 0.15) is 113 Å². The normalized spacial score (nSPS) is 11.0. The molecule has 0 aliphatic rings. The Morgan fingerprint density at radius 3 is 2.23 bits per heavy atom. The third-order valence-electron chi connectivity index (χ3n) is 7.47. The molecule has 0 heterocycles. The summed E-state index contributed by atoms with van der Waals surface area (Å²) in [7, 11) is 0. The Labute approximate surface area is 259 Å². The van der Waals surface area contributed by atoms with Gasteiger partial charge in [-0.05, 0) is 93.6 Å². The number of unbranched alkanes of at least 4 members (excludes halogenated alkanes) is 8. The lowest BCUT2D eigenvalue weighted by Crippen LogP contribution is -2.28. The highest BCUT2D eigenvalue weighted by Crippen LogP contribution is 2.27. The van der Waals surface area contributed by atoms with E-state index in [4.69, 9.17) is 15.2 Å². The number of hydrogen-bond donors (Lipinski definition) is 3. The lowest BCUT2D eigenvalue weighted by molar-refractivity contribution is -0.121. The molecule has 8 heteroatoms. The molecule has 4 N–H and O–H groups in total. The SMILES string of the molecule is CCCCCCCCC(=O)NCc1ccc(O)c(OCCCCCN(CCCC)CCCOC(=O)c2ccc(N)cc2)c1. The number of carbonyl (C=O) groups is 2. The van der Waals surface area contributed by atoms with E-state index in [9.17, 15) is 14.7 Å². The van der Waals surface area contributed by atoms with Crippen molar-refractivity contribution in [2.24, 2.45) is 0 Å². The van der Waals surface area contributed by atoms with Crippen LogP contribution in [0.4, 0.5) is 5.69 Å². The van der Waals surface area contributed by atoms with Gasteiger partial charge in [0.05, 0.1) is 18.8 Å². The van der Waals surface area contributed by atoms with Crippen LogP contribution >= 0.6 is 0 Å². The Balaban J connectivity index is 1.62. The summed E-state index contributed by atoms with van der Waals surface area (Å²) in [4.78, 5) is 26.8. The molecule has 1 amide bonds. The van der Waals surface area contributed by atoms with Gasteiger partial charge in [0.15, 0.2) is 11.5 Å². The average molecular weight is 598 g/mol. The van der Waals surface area contributed by atoms with E-state index in [1.165, 1.54) is 25.7 Å². The van der Waals surface area contributed by atoms with E-state index in [0.717, 1.165) is 76.6 Å². The Morgan fingerprint density at radius 1 is 0.791 bits per heavy atom. The predicted molar refractivity (Wildman–Crippen MR) is 174 cm³/mol. The summed E-state index contributed by atoms with van der Waals surface area (Å²) in [5.74, 6) is 0.328. The van der Waals surface area contributed by atoms with E-state index < -0.39 is 0 Å². The number of esters is 1. The zero-order chi connectivity index (χ0) is 31.1. The first-order valence-corrected chi connectivity index (χ1v) is 16.4. The number of nitrogens with zero attached hydrogens (tertiary/aromatic N) is 1. The summed E-state index contributed by atoms with van der Waals surface area (Å²) in [6.07, 6.45) is 13.6. The molecule has 0 spiro atoms. The highest BCUT2D eigenvalue weighted by Gasteiger charge is 2.10. The largest absolute Gasteiger partial charge is 0.504 e. The second-order valence-corrected chi connectivity index (χ2v) is 11.3. The summed E-state index contributed by atoms with van der Waals surface area (Å²) in [6.45, 7) is 8.66. The van der Waals surface area contributed by atoms with Gasteiger partial charge in [0.1, 0.15) is 0 Å². The number of nitrogens with two attached hydrogens (primary N) is 1. The van der Waals surface area contributed by atoms with Crippen molar-refractivity contribution in [3.8, 4) is 11.5 Å². The smallest absolute Gasteiger partial charge is 0.338 e. The topological polar surface area (TPSA) is 114 Å². The first kappa shape index (κ1) is 35.9.